The first-order chi connectivity index (χ1) is 9.35. The summed E-state index contributed by atoms with van der Waals surface area (Å²) in [5.74, 6) is -2.92. The van der Waals surface area contributed by atoms with Gasteiger partial charge < -0.3 is 14.8 Å². The van der Waals surface area contributed by atoms with Gasteiger partial charge in [-0.1, -0.05) is 11.6 Å². The number of Topliss-reactive ketones (excluding diaryl/α,β-unsaturated/α-hetero) is 1. The molecule has 0 fully saturated rings. The van der Waals surface area contributed by atoms with Gasteiger partial charge in [-0.05, 0) is 32.9 Å². The summed E-state index contributed by atoms with van der Waals surface area (Å²) in [6.07, 6.45) is -6.96. The predicted octanol–water partition coefficient (Wildman–Crippen LogP) is 2.43. The molecule has 1 amide bonds. The number of carboxylic acid groups (broad SMARTS) is 1. The van der Waals surface area contributed by atoms with Crippen molar-refractivity contribution in [2.45, 2.75) is 32.5 Å². The van der Waals surface area contributed by atoms with E-state index in [2.05, 4.69) is 4.98 Å². The average Bonchev–Trinajstić information content (AvgIpc) is 2.24. The van der Waals surface area contributed by atoms with Crippen LogP contribution in [0.3, 0.4) is 0 Å². The number of hydrogen-bond donors (Lipinski definition) is 0. The first kappa shape index (κ1) is 17.2. The van der Waals surface area contributed by atoms with E-state index in [9.17, 15) is 27.9 Å². The molecular formula is C12H11ClF3N2O3-. The van der Waals surface area contributed by atoms with Crippen LogP contribution in [0.25, 0.3) is 0 Å². The largest absolute Gasteiger partial charge is 0.530 e. The normalized spacial score (nSPS) is 12.1. The highest BCUT2D eigenvalue weighted by Crippen LogP contribution is 2.31. The van der Waals surface area contributed by atoms with Gasteiger partial charge in [-0.2, -0.15) is 13.2 Å². The fraction of sp³-hybridized carbons (Fsp3) is 0.417. The second-order valence-electron chi connectivity index (χ2n) is 5.10. The van der Waals surface area contributed by atoms with Gasteiger partial charge in [0.05, 0.1) is 5.56 Å². The maximum atomic E-state index is 12.6. The van der Waals surface area contributed by atoms with Gasteiger partial charge >= 0.3 is 6.18 Å². The zero-order valence-electron chi connectivity index (χ0n) is 11.3. The number of carbonyl (C=O) groups excluding carboxylic acids is 2. The first-order valence-corrected chi connectivity index (χ1v) is 6.02. The van der Waals surface area contributed by atoms with Crippen LogP contribution in [-0.2, 0) is 0 Å². The number of halogens is 4. The molecule has 0 N–H and O–H groups in total. The van der Waals surface area contributed by atoms with Crippen LogP contribution >= 0.6 is 11.6 Å². The van der Waals surface area contributed by atoms with E-state index >= 15 is 0 Å². The Morgan fingerprint density at radius 2 is 1.76 bits per heavy atom. The highest BCUT2D eigenvalue weighted by Gasteiger charge is 2.42. The van der Waals surface area contributed by atoms with Crippen molar-refractivity contribution in [3.63, 3.8) is 0 Å². The number of rotatable bonds is 2. The molecule has 0 saturated heterocycles. The fourth-order valence-electron chi connectivity index (χ4n) is 1.60. The Morgan fingerprint density at radius 1 is 1.24 bits per heavy atom. The second kappa shape index (κ2) is 5.51. The molecule has 1 aromatic heterocycles. The molecule has 0 aliphatic rings. The smallest absolute Gasteiger partial charge is 0.455 e. The molecule has 0 radical (unpaired) electrons. The molecule has 0 saturated carbocycles. The van der Waals surface area contributed by atoms with E-state index in [0.717, 1.165) is 12.1 Å². The van der Waals surface area contributed by atoms with Gasteiger partial charge in [-0.25, -0.2) is 4.98 Å². The van der Waals surface area contributed by atoms with Crippen molar-refractivity contribution in [1.29, 1.82) is 0 Å². The molecule has 0 spiro atoms. The monoisotopic (exact) mass is 323 g/mol. The topological polar surface area (TPSA) is 73.3 Å². The Kier molecular flexibility index (Phi) is 4.52. The zero-order valence-corrected chi connectivity index (χ0v) is 12.0. The van der Waals surface area contributed by atoms with Crippen molar-refractivity contribution < 1.29 is 27.9 Å². The third-order valence-electron chi connectivity index (χ3n) is 2.41. The molecule has 1 aromatic rings. The van der Waals surface area contributed by atoms with Gasteiger partial charge in [0.1, 0.15) is 17.1 Å². The van der Waals surface area contributed by atoms with Crippen LogP contribution in [0.4, 0.5) is 23.8 Å². The van der Waals surface area contributed by atoms with Crippen LogP contribution in [0.1, 0.15) is 31.1 Å². The van der Waals surface area contributed by atoms with Crippen LogP contribution in [-0.4, -0.2) is 28.6 Å². The SMILES string of the molecule is CC(C)(C)N(C(=O)[O-])c1nc(Cl)ccc1C(=O)C(F)(F)F. The highest BCUT2D eigenvalue weighted by atomic mass is 35.5. The van der Waals surface area contributed by atoms with Crippen molar-refractivity contribution in [3.05, 3.63) is 22.8 Å². The van der Waals surface area contributed by atoms with Crippen LogP contribution < -0.4 is 10.0 Å². The second-order valence-corrected chi connectivity index (χ2v) is 5.49. The molecule has 0 bridgehead atoms. The van der Waals surface area contributed by atoms with Crippen LogP contribution in [0.5, 0.6) is 0 Å². The standard InChI is InChI=1S/C12H12ClF3N2O3/c1-11(2,3)18(10(20)21)9-6(4-5-7(13)17-9)8(19)12(14,15)16/h4-5H,1-3H3,(H,20,21)/p-1. The minimum absolute atomic E-state index is 0.251. The van der Waals surface area contributed by atoms with E-state index < -0.39 is 35.0 Å². The summed E-state index contributed by atoms with van der Waals surface area (Å²) in [7, 11) is 0. The van der Waals surface area contributed by atoms with Gasteiger partial charge in [0, 0.05) is 5.54 Å². The average molecular weight is 324 g/mol. The van der Waals surface area contributed by atoms with Gasteiger partial charge in [-0.15, -0.1) is 0 Å². The van der Waals surface area contributed by atoms with Gasteiger partial charge in [0.2, 0.25) is 0 Å². The Labute approximate surface area is 123 Å². The predicted molar refractivity (Wildman–Crippen MR) is 67.3 cm³/mol. The molecule has 5 nitrogen and oxygen atoms in total. The van der Waals surface area contributed by atoms with E-state index in [-0.39, 0.29) is 5.15 Å². The van der Waals surface area contributed by atoms with Crippen molar-refractivity contribution >= 4 is 29.3 Å². The molecule has 21 heavy (non-hydrogen) atoms. The summed E-state index contributed by atoms with van der Waals surface area (Å²) in [5, 5.41) is 11.0. The number of hydrogen-bond acceptors (Lipinski definition) is 4. The summed E-state index contributed by atoms with van der Waals surface area (Å²) in [5.41, 5.74) is -2.09. The zero-order chi connectivity index (χ0) is 16.6. The van der Waals surface area contributed by atoms with Crippen molar-refractivity contribution in [2.24, 2.45) is 0 Å². The molecule has 0 aromatic carbocycles. The van der Waals surface area contributed by atoms with Crippen LogP contribution in [0.15, 0.2) is 12.1 Å². The molecule has 116 valence electrons. The minimum Gasteiger partial charge on any atom is -0.530 e. The quantitative estimate of drug-likeness (QED) is 0.619. The Morgan fingerprint density at radius 3 is 2.14 bits per heavy atom. The maximum Gasteiger partial charge on any atom is 0.455 e. The van der Waals surface area contributed by atoms with Gasteiger partial charge in [0.25, 0.3) is 5.78 Å². The van der Waals surface area contributed by atoms with Crippen LogP contribution in [0, 0.1) is 0 Å². The van der Waals surface area contributed by atoms with E-state index in [1.54, 1.807) is 0 Å². The summed E-state index contributed by atoms with van der Waals surface area (Å²) in [6, 6.07) is 1.75. The number of amides is 1. The molecule has 0 aliphatic carbocycles. The lowest BCUT2D eigenvalue weighted by Gasteiger charge is -2.37. The minimum atomic E-state index is -5.17. The summed E-state index contributed by atoms with van der Waals surface area (Å²) in [4.78, 5) is 26.6. The molecule has 0 aliphatic heterocycles. The third kappa shape index (κ3) is 3.84. The Balaban J connectivity index is 3.57. The molecule has 1 rings (SSSR count). The highest BCUT2D eigenvalue weighted by molar-refractivity contribution is 6.29. The van der Waals surface area contributed by atoms with Crippen molar-refractivity contribution in [3.8, 4) is 0 Å². The van der Waals surface area contributed by atoms with Crippen LogP contribution in [0.2, 0.25) is 5.15 Å². The summed E-state index contributed by atoms with van der Waals surface area (Å²) >= 11 is 5.59. The third-order valence-corrected chi connectivity index (χ3v) is 2.62. The lowest BCUT2D eigenvalue weighted by molar-refractivity contribution is -0.247. The number of carbonyl (C=O) groups is 2. The Hall–Kier alpha value is -1.83. The number of pyridine rings is 1. The van der Waals surface area contributed by atoms with E-state index in [4.69, 9.17) is 11.6 Å². The van der Waals surface area contributed by atoms with Gasteiger partial charge in [-0.3, -0.25) is 4.79 Å². The maximum absolute atomic E-state index is 12.6. The summed E-state index contributed by atoms with van der Waals surface area (Å²) in [6.45, 7) is 4.23. The number of anilines is 1. The first-order valence-electron chi connectivity index (χ1n) is 5.65. The molecule has 1 heterocycles. The van der Waals surface area contributed by atoms with Crippen molar-refractivity contribution in [2.75, 3.05) is 4.90 Å². The van der Waals surface area contributed by atoms with E-state index in [1.165, 1.54) is 20.8 Å². The van der Waals surface area contributed by atoms with Crippen molar-refractivity contribution in [1.82, 2.24) is 4.98 Å². The molecule has 0 unspecified atom stereocenters. The number of ketones is 1. The number of nitrogens with zero attached hydrogens (tertiary/aromatic N) is 2. The number of aromatic nitrogens is 1. The molecular weight excluding hydrogens is 313 g/mol. The van der Waals surface area contributed by atoms with E-state index in [0.29, 0.717) is 4.90 Å². The van der Waals surface area contributed by atoms with Gasteiger partial charge in [0.15, 0.2) is 0 Å². The summed E-state index contributed by atoms with van der Waals surface area (Å²) < 4.78 is 37.8. The molecule has 0 atom stereocenters. The molecule has 9 heteroatoms. The number of alkyl halides is 3. The fourth-order valence-corrected chi connectivity index (χ4v) is 1.75. The lowest BCUT2D eigenvalue weighted by Crippen LogP contribution is -2.53. The lowest BCUT2D eigenvalue weighted by atomic mass is 10.0. The van der Waals surface area contributed by atoms with E-state index in [1.807, 2.05) is 0 Å². The Bertz CT molecular complexity index is 582.